The van der Waals surface area contributed by atoms with E-state index in [1.807, 2.05) is 0 Å². The SMILES string of the molecule is c1ccc(-c2ccc3cc(-n4c5ccccc5c5c6c7ccccc7n(-c7ccc(-c8ccc9ccccc9c8)cc7)c6ccc54)ccc3c2)cc1. The normalized spacial score (nSPS) is 11.8. The van der Waals surface area contributed by atoms with Crippen molar-refractivity contribution in [2.24, 2.45) is 0 Å². The van der Waals surface area contributed by atoms with Gasteiger partial charge in [0.25, 0.3) is 0 Å². The number of hydrogen-bond donors (Lipinski definition) is 0. The maximum absolute atomic E-state index is 2.44. The number of rotatable bonds is 4. The molecule has 0 radical (unpaired) electrons. The van der Waals surface area contributed by atoms with Gasteiger partial charge in [0.1, 0.15) is 0 Å². The van der Waals surface area contributed by atoms with Gasteiger partial charge in [0, 0.05) is 32.9 Å². The molecule has 0 unspecified atom stereocenters. The van der Waals surface area contributed by atoms with Gasteiger partial charge in [0.2, 0.25) is 0 Å². The van der Waals surface area contributed by atoms with Gasteiger partial charge in [0.15, 0.2) is 0 Å². The summed E-state index contributed by atoms with van der Waals surface area (Å²) in [6.07, 6.45) is 0. The Morgan fingerprint density at radius 2 is 0.692 bits per heavy atom. The lowest BCUT2D eigenvalue weighted by Crippen LogP contribution is -1.95. The summed E-state index contributed by atoms with van der Waals surface area (Å²) in [6.45, 7) is 0. The highest BCUT2D eigenvalue weighted by Crippen LogP contribution is 2.43. The van der Waals surface area contributed by atoms with Crippen LogP contribution >= 0.6 is 0 Å². The largest absolute Gasteiger partial charge is 0.309 e. The molecule has 0 amide bonds. The second-order valence-corrected chi connectivity index (χ2v) is 13.8. The summed E-state index contributed by atoms with van der Waals surface area (Å²) >= 11 is 0. The van der Waals surface area contributed by atoms with Crippen molar-refractivity contribution < 1.29 is 0 Å². The third-order valence-electron chi connectivity index (χ3n) is 10.9. The highest BCUT2D eigenvalue weighted by Gasteiger charge is 2.20. The van der Waals surface area contributed by atoms with Gasteiger partial charge in [0.05, 0.1) is 22.1 Å². The third-order valence-corrected chi connectivity index (χ3v) is 10.9. The predicted octanol–water partition coefficient (Wildman–Crippen LogP) is 13.5. The zero-order chi connectivity index (χ0) is 34.2. The molecule has 2 heteroatoms. The lowest BCUT2D eigenvalue weighted by molar-refractivity contribution is 1.17. The van der Waals surface area contributed by atoms with E-state index in [2.05, 4.69) is 203 Å². The Labute approximate surface area is 301 Å². The molecule has 9 aromatic carbocycles. The first-order valence-electron chi connectivity index (χ1n) is 17.9. The highest BCUT2D eigenvalue weighted by atomic mass is 15.0. The first-order chi connectivity index (χ1) is 25.8. The van der Waals surface area contributed by atoms with E-state index in [4.69, 9.17) is 0 Å². The molecule has 0 saturated heterocycles. The monoisotopic (exact) mass is 660 g/mol. The van der Waals surface area contributed by atoms with E-state index in [0.717, 1.165) is 5.69 Å². The van der Waals surface area contributed by atoms with Crippen LogP contribution in [0.15, 0.2) is 194 Å². The Bertz CT molecular complexity index is 3160. The van der Waals surface area contributed by atoms with Crippen LogP contribution < -0.4 is 0 Å². The molecule has 0 aliphatic heterocycles. The van der Waals surface area contributed by atoms with Crippen molar-refractivity contribution in [3.8, 4) is 33.6 Å². The van der Waals surface area contributed by atoms with Crippen molar-refractivity contribution in [3.05, 3.63) is 194 Å². The van der Waals surface area contributed by atoms with Gasteiger partial charge in [-0.3, -0.25) is 0 Å². The van der Waals surface area contributed by atoms with E-state index in [1.165, 1.54) is 93.1 Å². The molecule has 11 aromatic rings. The summed E-state index contributed by atoms with van der Waals surface area (Å²) < 4.78 is 4.87. The average Bonchev–Trinajstić information content (AvgIpc) is 3.73. The minimum atomic E-state index is 1.16. The van der Waals surface area contributed by atoms with Crippen LogP contribution in [0.1, 0.15) is 0 Å². The second-order valence-electron chi connectivity index (χ2n) is 13.8. The summed E-state index contributed by atoms with van der Waals surface area (Å²) in [4.78, 5) is 0. The summed E-state index contributed by atoms with van der Waals surface area (Å²) in [5.41, 5.74) is 12.1. The Balaban J connectivity index is 1.09. The fraction of sp³-hybridized carbons (Fsp3) is 0. The fourth-order valence-corrected chi connectivity index (χ4v) is 8.43. The molecule has 242 valence electrons. The number of hydrogen-bond acceptors (Lipinski definition) is 0. The van der Waals surface area contributed by atoms with Gasteiger partial charge < -0.3 is 9.13 Å². The molecule has 0 aliphatic rings. The molecule has 52 heavy (non-hydrogen) atoms. The minimum Gasteiger partial charge on any atom is -0.309 e. The topological polar surface area (TPSA) is 9.86 Å². The summed E-state index contributed by atoms with van der Waals surface area (Å²) in [6, 6.07) is 71.0. The van der Waals surface area contributed by atoms with Crippen LogP contribution in [0.25, 0.3) is 98.8 Å². The Morgan fingerprint density at radius 3 is 1.37 bits per heavy atom. The van der Waals surface area contributed by atoms with E-state index in [9.17, 15) is 0 Å². The first-order valence-corrected chi connectivity index (χ1v) is 17.9. The Kier molecular flexibility index (Phi) is 6.28. The number of benzene rings is 9. The molecule has 2 nitrogen and oxygen atoms in total. The molecule has 0 bridgehead atoms. The number of aromatic nitrogens is 2. The van der Waals surface area contributed by atoms with Crippen molar-refractivity contribution in [3.63, 3.8) is 0 Å². The second kappa shape index (κ2) is 11.3. The Morgan fingerprint density at radius 1 is 0.250 bits per heavy atom. The van der Waals surface area contributed by atoms with Gasteiger partial charge in [-0.05, 0) is 104 Å². The Hall–Kier alpha value is -6.90. The number of nitrogens with zero attached hydrogens (tertiary/aromatic N) is 2. The van der Waals surface area contributed by atoms with Crippen LogP contribution in [0.5, 0.6) is 0 Å². The molecule has 2 heterocycles. The van der Waals surface area contributed by atoms with Crippen LogP contribution in [-0.2, 0) is 0 Å². The van der Waals surface area contributed by atoms with Gasteiger partial charge >= 0.3 is 0 Å². The molecule has 0 N–H and O–H groups in total. The molecule has 0 saturated carbocycles. The van der Waals surface area contributed by atoms with Crippen LogP contribution in [-0.4, -0.2) is 9.13 Å². The molecular formula is C50H32N2. The molecule has 11 rings (SSSR count). The van der Waals surface area contributed by atoms with E-state index >= 15 is 0 Å². The first kappa shape index (κ1) is 28.9. The van der Waals surface area contributed by atoms with Gasteiger partial charge in [-0.25, -0.2) is 0 Å². The highest BCUT2D eigenvalue weighted by molar-refractivity contribution is 6.29. The quantitative estimate of drug-likeness (QED) is 0.178. The van der Waals surface area contributed by atoms with Gasteiger partial charge in [-0.1, -0.05) is 133 Å². The van der Waals surface area contributed by atoms with E-state index in [-0.39, 0.29) is 0 Å². The van der Waals surface area contributed by atoms with E-state index in [1.54, 1.807) is 0 Å². The smallest absolute Gasteiger partial charge is 0.0548 e. The maximum Gasteiger partial charge on any atom is 0.0548 e. The van der Waals surface area contributed by atoms with Crippen molar-refractivity contribution in [1.29, 1.82) is 0 Å². The number of fused-ring (bicyclic) bond motifs is 9. The van der Waals surface area contributed by atoms with Crippen molar-refractivity contribution in [2.45, 2.75) is 0 Å². The standard InChI is InChI=1S/C50H32N2/c1-2-10-33(11-3-1)37-20-21-40-32-42(27-24-39(40)31-37)52-46-17-9-7-15-44(46)50-48(52)29-28-47-49(50)43-14-6-8-16-45(43)51(47)41-25-22-35(23-26-41)38-19-18-34-12-4-5-13-36(34)30-38/h1-32H. The predicted molar refractivity (Wildman–Crippen MR) is 221 cm³/mol. The fourth-order valence-electron chi connectivity index (χ4n) is 8.43. The van der Waals surface area contributed by atoms with Crippen LogP contribution in [0.4, 0.5) is 0 Å². The molecular weight excluding hydrogens is 629 g/mol. The summed E-state index contributed by atoms with van der Waals surface area (Å²) in [7, 11) is 0. The molecule has 0 aliphatic carbocycles. The lowest BCUT2D eigenvalue weighted by atomic mass is 10.0. The average molecular weight is 661 g/mol. The zero-order valence-electron chi connectivity index (χ0n) is 28.4. The summed E-state index contributed by atoms with van der Waals surface area (Å²) in [5.74, 6) is 0. The molecule has 0 spiro atoms. The summed E-state index contributed by atoms with van der Waals surface area (Å²) in [5, 5.41) is 10.1. The lowest BCUT2D eigenvalue weighted by Gasteiger charge is -2.11. The van der Waals surface area contributed by atoms with Crippen LogP contribution in [0, 0.1) is 0 Å². The van der Waals surface area contributed by atoms with Gasteiger partial charge in [-0.2, -0.15) is 0 Å². The van der Waals surface area contributed by atoms with Crippen molar-refractivity contribution in [2.75, 3.05) is 0 Å². The minimum absolute atomic E-state index is 1.16. The molecule has 0 fully saturated rings. The third kappa shape index (κ3) is 4.38. The van der Waals surface area contributed by atoms with Crippen molar-refractivity contribution >= 4 is 65.2 Å². The molecule has 0 atom stereocenters. The zero-order valence-corrected chi connectivity index (χ0v) is 28.4. The van der Waals surface area contributed by atoms with E-state index in [0.29, 0.717) is 0 Å². The van der Waals surface area contributed by atoms with Crippen molar-refractivity contribution in [1.82, 2.24) is 9.13 Å². The van der Waals surface area contributed by atoms with Crippen LogP contribution in [0.2, 0.25) is 0 Å². The number of para-hydroxylation sites is 2. The molecule has 2 aromatic heterocycles. The van der Waals surface area contributed by atoms with E-state index < -0.39 is 0 Å². The van der Waals surface area contributed by atoms with Crippen LogP contribution in [0.3, 0.4) is 0 Å². The maximum atomic E-state index is 2.44. The van der Waals surface area contributed by atoms with Gasteiger partial charge in [-0.15, -0.1) is 0 Å².